The summed E-state index contributed by atoms with van der Waals surface area (Å²) < 4.78 is 19.3. The quantitative estimate of drug-likeness (QED) is 0.875. The van der Waals surface area contributed by atoms with Crippen molar-refractivity contribution in [1.29, 1.82) is 0 Å². The molecule has 0 aliphatic rings. The van der Waals surface area contributed by atoms with Crippen LogP contribution >= 0.6 is 15.9 Å². The van der Waals surface area contributed by atoms with Crippen LogP contribution in [0.15, 0.2) is 10.5 Å². The molecule has 1 aromatic carbocycles. The molecule has 1 unspecified atom stereocenters. The van der Waals surface area contributed by atoms with Crippen molar-refractivity contribution >= 4 is 21.9 Å². The van der Waals surface area contributed by atoms with Gasteiger partial charge in [-0.2, -0.15) is 0 Å². The fourth-order valence-electron chi connectivity index (χ4n) is 1.79. The normalized spacial score (nSPS) is 12.3. The zero-order chi connectivity index (χ0) is 13.9. The number of benzene rings is 1. The Bertz CT molecular complexity index is 465. The molecule has 0 bridgehead atoms. The van der Waals surface area contributed by atoms with Crippen molar-refractivity contribution in [2.45, 2.75) is 25.8 Å². The minimum absolute atomic E-state index is 0.0715. The summed E-state index contributed by atoms with van der Waals surface area (Å²) in [5.41, 5.74) is 7.19. The van der Waals surface area contributed by atoms with Gasteiger partial charge >= 0.3 is 5.97 Å². The highest BCUT2D eigenvalue weighted by Gasteiger charge is 2.21. The lowest BCUT2D eigenvalue weighted by molar-refractivity contribution is -0.137. The van der Waals surface area contributed by atoms with Crippen LogP contribution < -0.4 is 10.5 Å². The summed E-state index contributed by atoms with van der Waals surface area (Å²) in [7, 11) is 1.36. The van der Waals surface area contributed by atoms with Crippen molar-refractivity contribution in [3.8, 4) is 5.75 Å². The maximum atomic E-state index is 13.7. The number of methoxy groups -OCH3 is 1. The van der Waals surface area contributed by atoms with Gasteiger partial charge in [0.2, 0.25) is 0 Å². The van der Waals surface area contributed by atoms with E-state index in [0.29, 0.717) is 10.0 Å². The average Bonchev–Trinajstić information content (AvgIpc) is 2.30. The van der Waals surface area contributed by atoms with E-state index >= 15 is 0 Å². The molecule has 100 valence electrons. The van der Waals surface area contributed by atoms with Crippen LogP contribution in [0.25, 0.3) is 0 Å². The highest BCUT2D eigenvalue weighted by Crippen LogP contribution is 2.36. The summed E-state index contributed by atoms with van der Waals surface area (Å²) in [6.07, 6.45) is 0.153. The lowest BCUT2D eigenvalue weighted by Gasteiger charge is -2.19. The molecule has 0 saturated carbocycles. The number of rotatable bonds is 5. The molecule has 0 aliphatic carbocycles. The van der Waals surface area contributed by atoms with E-state index in [0.717, 1.165) is 5.56 Å². The van der Waals surface area contributed by atoms with E-state index in [-0.39, 0.29) is 18.6 Å². The fraction of sp³-hybridized carbons (Fsp3) is 0.417. The van der Waals surface area contributed by atoms with Gasteiger partial charge in [0.25, 0.3) is 0 Å². The van der Waals surface area contributed by atoms with E-state index < -0.39 is 17.8 Å². The third-order valence-corrected chi connectivity index (χ3v) is 3.55. The van der Waals surface area contributed by atoms with Crippen LogP contribution in [0, 0.1) is 12.7 Å². The van der Waals surface area contributed by atoms with Gasteiger partial charge in [0, 0.05) is 22.5 Å². The predicted molar refractivity (Wildman–Crippen MR) is 69.2 cm³/mol. The number of carbonyl (C=O) groups is 1. The summed E-state index contributed by atoms with van der Waals surface area (Å²) in [5.74, 6) is -1.37. The van der Waals surface area contributed by atoms with Gasteiger partial charge in [0.1, 0.15) is 0 Å². The van der Waals surface area contributed by atoms with Crippen molar-refractivity contribution in [2.75, 3.05) is 7.11 Å². The molecule has 1 atom stereocenters. The van der Waals surface area contributed by atoms with Gasteiger partial charge in [-0.05, 0) is 25.0 Å². The Kier molecular flexibility index (Phi) is 5.10. The van der Waals surface area contributed by atoms with E-state index in [4.69, 9.17) is 15.6 Å². The van der Waals surface area contributed by atoms with Crippen LogP contribution in [-0.2, 0) is 4.79 Å². The molecule has 6 heteroatoms. The smallest absolute Gasteiger partial charge is 0.303 e. The molecule has 0 saturated heterocycles. The Labute approximate surface area is 113 Å². The van der Waals surface area contributed by atoms with Crippen molar-refractivity contribution in [3.05, 3.63) is 27.5 Å². The van der Waals surface area contributed by atoms with Crippen molar-refractivity contribution in [3.63, 3.8) is 0 Å². The number of carboxylic acid groups (broad SMARTS) is 1. The molecule has 0 aromatic heterocycles. The number of hydrogen-bond donors (Lipinski definition) is 2. The van der Waals surface area contributed by atoms with Crippen LogP contribution in [0.3, 0.4) is 0 Å². The number of ether oxygens (including phenoxy) is 1. The lowest BCUT2D eigenvalue weighted by atomic mass is 9.97. The minimum atomic E-state index is -0.933. The second kappa shape index (κ2) is 6.15. The van der Waals surface area contributed by atoms with Crippen molar-refractivity contribution in [2.24, 2.45) is 5.73 Å². The molecule has 4 nitrogen and oxygen atoms in total. The Morgan fingerprint density at radius 1 is 1.67 bits per heavy atom. The summed E-state index contributed by atoms with van der Waals surface area (Å²) in [6, 6.07) is 0.727. The fourth-order valence-corrected chi connectivity index (χ4v) is 2.20. The standard InChI is InChI=1S/C12H15BrFNO3/c1-6-7(13)5-8(14)12(18-2)11(6)9(15)3-4-10(16)17/h5,9H,3-4,15H2,1-2H3,(H,16,17). The topological polar surface area (TPSA) is 72.5 Å². The molecule has 0 spiro atoms. The largest absolute Gasteiger partial charge is 0.493 e. The highest BCUT2D eigenvalue weighted by molar-refractivity contribution is 9.10. The van der Waals surface area contributed by atoms with Gasteiger partial charge in [-0.3, -0.25) is 4.79 Å². The number of hydrogen-bond acceptors (Lipinski definition) is 3. The molecule has 1 rings (SSSR count). The zero-order valence-corrected chi connectivity index (χ0v) is 11.8. The van der Waals surface area contributed by atoms with Gasteiger partial charge in [-0.15, -0.1) is 0 Å². The monoisotopic (exact) mass is 319 g/mol. The zero-order valence-electron chi connectivity index (χ0n) is 10.2. The molecule has 18 heavy (non-hydrogen) atoms. The first-order valence-corrected chi connectivity index (χ1v) is 6.17. The van der Waals surface area contributed by atoms with Crippen LogP contribution in [0.1, 0.15) is 30.0 Å². The highest BCUT2D eigenvalue weighted by atomic mass is 79.9. The van der Waals surface area contributed by atoms with Crippen molar-refractivity contribution < 1.29 is 19.0 Å². The van der Waals surface area contributed by atoms with Gasteiger partial charge in [0.15, 0.2) is 11.6 Å². The molecule has 0 aliphatic heterocycles. The number of aliphatic carboxylic acids is 1. The maximum Gasteiger partial charge on any atom is 0.303 e. The van der Waals surface area contributed by atoms with E-state index in [2.05, 4.69) is 15.9 Å². The first-order valence-electron chi connectivity index (χ1n) is 5.38. The number of nitrogens with two attached hydrogens (primary N) is 1. The predicted octanol–water partition coefficient (Wildman–Crippen LogP) is 2.77. The van der Waals surface area contributed by atoms with E-state index in [1.54, 1.807) is 6.92 Å². The third kappa shape index (κ3) is 3.20. The lowest BCUT2D eigenvalue weighted by Crippen LogP contribution is -2.16. The Morgan fingerprint density at radius 2 is 2.28 bits per heavy atom. The second-order valence-electron chi connectivity index (χ2n) is 3.95. The average molecular weight is 320 g/mol. The molecule has 3 N–H and O–H groups in total. The van der Waals surface area contributed by atoms with E-state index in [1.165, 1.54) is 13.2 Å². The SMILES string of the molecule is COc1c(F)cc(Br)c(C)c1C(N)CCC(=O)O. The van der Waals surface area contributed by atoms with Crippen LogP contribution in [0.4, 0.5) is 4.39 Å². The molecule has 0 radical (unpaired) electrons. The van der Waals surface area contributed by atoms with E-state index in [9.17, 15) is 9.18 Å². The summed E-state index contributed by atoms with van der Waals surface area (Å²) >= 11 is 3.24. The molecular formula is C12H15BrFNO3. The van der Waals surface area contributed by atoms with Gasteiger partial charge in [-0.1, -0.05) is 15.9 Å². The van der Waals surface area contributed by atoms with Crippen LogP contribution in [-0.4, -0.2) is 18.2 Å². The Balaban J connectivity index is 3.16. The first-order chi connectivity index (χ1) is 8.38. The Morgan fingerprint density at radius 3 is 2.78 bits per heavy atom. The molecule has 0 heterocycles. The van der Waals surface area contributed by atoms with Gasteiger partial charge < -0.3 is 15.6 Å². The minimum Gasteiger partial charge on any atom is -0.493 e. The van der Waals surface area contributed by atoms with Crippen molar-refractivity contribution in [1.82, 2.24) is 0 Å². The van der Waals surface area contributed by atoms with Crippen LogP contribution in [0.2, 0.25) is 0 Å². The van der Waals surface area contributed by atoms with Gasteiger partial charge in [-0.25, -0.2) is 4.39 Å². The number of carboxylic acids is 1. The van der Waals surface area contributed by atoms with Gasteiger partial charge in [0.05, 0.1) is 7.11 Å². The van der Waals surface area contributed by atoms with Crippen LogP contribution in [0.5, 0.6) is 5.75 Å². The number of halogens is 2. The first kappa shape index (κ1) is 14.9. The Hall–Kier alpha value is -1.14. The third-order valence-electron chi connectivity index (χ3n) is 2.72. The summed E-state index contributed by atoms with van der Waals surface area (Å²) in [6.45, 7) is 1.78. The molecule has 0 fully saturated rings. The molecular weight excluding hydrogens is 305 g/mol. The molecule has 1 aromatic rings. The van der Waals surface area contributed by atoms with E-state index in [1.807, 2.05) is 0 Å². The second-order valence-corrected chi connectivity index (χ2v) is 4.81. The summed E-state index contributed by atoms with van der Waals surface area (Å²) in [4.78, 5) is 10.5. The summed E-state index contributed by atoms with van der Waals surface area (Å²) in [5, 5.41) is 8.64. The maximum absolute atomic E-state index is 13.7. The molecule has 0 amide bonds.